The number of carbonyl (C=O) groups excluding carboxylic acids is 3. The number of ketones is 1. The van der Waals surface area contributed by atoms with Gasteiger partial charge in [0.15, 0.2) is 6.10 Å². The molecule has 0 saturated carbocycles. The number of aryl methyl sites for hydroxylation is 1. The molecule has 3 saturated heterocycles. The first kappa shape index (κ1) is 47.3. The minimum atomic E-state index is -1.92. The second-order valence-corrected chi connectivity index (χ2v) is 18.8. The summed E-state index contributed by atoms with van der Waals surface area (Å²) >= 11 is 7.95. The number of carboxylic acid groups (broad SMARTS) is 1. The van der Waals surface area contributed by atoms with E-state index in [2.05, 4.69) is 11.6 Å². The van der Waals surface area contributed by atoms with Gasteiger partial charge in [0, 0.05) is 12.3 Å². The number of aliphatic carboxylic acids is 1. The molecule has 4 heterocycles. The van der Waals surface area contributed by atoms with Crippen LogP contribution in [0.4, 0.5) is 4.79 Å². The molecule has 3 aliphatic rings. The monoisotopic (exact) mass is 903 g/mol. The number of esters is 1. The standard InChI is InChI=1S/C44H54ClNO15S/c1-7-9-25-34(48)21(2)10-8-15-44(6)32(61-44)18-29(24-12-14-30-27(17-24)46-22(3)62-30)57-33(47)19-31(43(4,5)39(25)52)59-42(55)56-20-23-11-13-28(26(45)16-23)58-41-37(51)35(49)36(50)38(60-41)40(53)54/h7,11-14,16-17,21,25,29,31-32,34-38,41,48-51H,1,8-10,15,18-20H2,2-6H3,(H,53,54)/t21-,25+,29-,31-,32-,34-,35-,36-,37+,38-,41+,44+/m0/s1. The van der Waals surface area contributed by atoms with Crippen LogP contribution in [-0.2, 0) is 44.7 Å². The number of ether oxygens (including phenoxy) is 6. The van der Waals surface area contributed by atoms with Crippen molar-refractivity contribution in [3.8, 4) is 5.75 Å². The number of carbonyl (C=O) groups is 4. The second kappa shape index (κ2) is 19.3. The molecular formula is C44H54ClNO15S. The van der Waals surface area contributed by atoms with E-state index in [4.69, 9.17) is 40.0 Å². The van der Waals surface area contributed by atoms with Gasteiger partial charge in [0.25, 0.3) is 0 Å². The maximum absolute atomic E-state index is 14.5. The van der Waals surface area contributed by atoms with E-state index in [9.17, 15) is 44.7 Å². The number of aromatic nitrogens is 1. The molecule has 12 atom stereocenters. The van der Waals surface area contributed by atoms with Gasteiger partial charge < -0.3 is 54.0 Å². The summed E-state index contributed by atoms with van der Waals surface area (Å²) in [5, 5.41) is 52.2. The van der Waals surface area contributed by atoms with E-state index in [1.165, 1.54) is 18.2 Å². The Morgan fingerprint density at radius 2 is 1.79 bits per heavy atom. The zero-order valence-corrected chi connectivity index (χ0v) is 36.7. The number of allylic oxidation sites excluding steroid dienone is 1. The van der Waals surface area contributed by atoms with Crippen molar-refractivity contribution in [2.45, 2.75) is 140 Å². The van der Waals surface area contributed by atoms with Crippen LogP contribution in [0, 0.1) is 24.2 Å². The maximum atomic E-state index is 14.5. The van der Waals surface area contributed by atoms with Gasteiger partial charge in [-0.1, -0.05) is 43.2 Å². The van der Waals surface area contributed by atoms with Crippen molar-refractivity contribution in [2.75, 3.05) is 0 Å². The van der Waals surface area contributed by atoms with Gasteiger partial charge in [0.1, 0.15) is 48.7 Å². The van der Waals surface area contributed by atoms with Crippen LogP contribution in [0.3, 0.4) is 0 Å². The number of aliphatic hydroxyl groups excluding tert-OH is 4. The molecule has 5 N–H and O–H groups in total. The molecule has 0 spiro atoms. The fraction of sp³-hybridized carbons (Fsp3) is 0.568. The number of aliphatic hydroxyl groups is 4. The van der Waals surface area contributed by atoms with Gasteiger partial charge in [-0.05, 0) is 88.3 Å². The summed E-state index contributed by atoms with van der Waals surface area (Å²) in [6.07, 6.45) is -10.4. The van der Waals surface area contributed by atoms with Gasteiger partial charge in [-0.3, -0.25) is 9.59 Å². The summed E-state index contributed by atoms with van der Waals surface area (Å²) in [4.78, 5) is 58.1. The number of benzene rings is 2. The molecule has 16 nitrogen and oxygen atoms in total. The summed E-state index contributed by atoms with van der Waals surface area (Å²) in [5.74, 6) is -4.10. The van der Waals surface area contributed by atoms with Crippen molar-refractivity contribution in [1.29, 1.82) is 0 Å². The lowest BCUT2D eigenvalue weighted by atomic mass is 9.71. The number of hydrogen-bond acceptors (Lipinski definition) is 16. The molecular weight excluding hydrogens is 850 g/mol. The third-order valence-electron chi connectivity index (χ3n) is 12.2. The van der Waals surface area contributed by atoms with Gasteiger partial charge in [-0.15, -0.1) is 17.9 Å². The van der Waals surface area contributed by atoms with Crippen LogP contribution >= 0.6 is 22.9 Å². The van der Waals surface area contributed by atoms with Crippen LogP contribution in [0.1, 0.15) is 88.5 Å². The second-order valence-electron chi connectivity index (χ2n) is 17.1. The topological polar surface area (TPSA) is 241 Å². The van der Waals surface area contributed by atoms with E-state index in [0.29, 0.717) is 30.4 Å². The Hall–Kier alpha value is -4.20. The van der Waals surface area contributed by atoms with E-state index in [1.54, 1.807) is 31.3 Å². The van der Waals surface area contributed by atoms with Crippen LogP contribution in [0.25, 0.3) is 10.2 Å². The van der Waals surface area contributed by atoms with Crippen molar-refractivity contribution < 1.29 is 73.1 Å². The normalized spacial score (nSPS) is 33.2. The van der Waals surface area contributed by atoms with Crippen LogP contribution in [0.5, 0.6) is 5.75 Å². The summed E-state index contributed by atoms with van der Waals surface area (Å²) in [5.41, 5.74) is -0.220. The SMILES string of the molecule is C=CC[C@H]1C(=O)C(C)(C)[C@@H](OC(=O)OCc2ccc(O[C@@H]3O[C@H](C(=O)O)[C@@H](O)[C@H](O)[C@H]3O)c(Cl)c2)CC(=O)O[C@H](c2ccc3sc(C)nc3c2)C[C@@H]2O[C@]2(C)CCC[C@H](C)[C@@H]1O. The van der Waals surface area contributed by atoms with Gasteiger partial charge in [-0.2, -0.15) is 0 Å². The highest BCUT2D eigenvalue weighted by atomic mass is 35.5. The first-order valence-corrected chi connectivity index (χ1v) is 21.7. The van der Waals surface area contributed by atoms with Crippen LogP contribution in [-0.4, -0.2) is 109 Å². The summed E-state index contributed by atoms with van der Waals surface area (Å²) in [6, 6.07) is 9.81. The number of halogens is 1. The molecule has 0 bridgehead atoms. The molecule has 3 aliphatic heterocycles. The van der Waals surface area contributed by atoms with Crippen LogP contribution in [0.2, 0.25) is 5.02 Å². The molecule has 62 heavy (non-hydrogen) atoms. The van der Waals surface area contributed by atoms with Gasteiger partial charge in [0.2, 0.25) is 6.29 Å². The zero-order chi connectivity index (χ0) is 45.3. The van der Waals surface area contributed by atoms with Crippen molar-refractivity contribution in [1.82, 2.24) is 4.98 Å². The molecule has 0 radical (unpaired) electrons. The van der Waals surface area contributed by atoms with Crippen LogP contribution < -0.4 is 4.74 Å². The molecule has 3 aromatic rings. The summed E-state index contributed by atoms with van der Waals surface area (Å²) in [7, 11) is 0. The van der Waals surface area contributed by atoms with Gasteiger partial charge >= 0.3 is 18.1 Å². The van der Waals surface area contributed by atoms with Gasteiger partial charge in [0.05, 0.1) is 49.9 Å². The number of fused-ring (bicyclic) bond motifs is 2. The van der Waals surface area contributed by atoms with Crippen molar-refractivity contribution >= 4 is 57.0 Å². The van der Waals surface area contributed by atoms with Crippen molar-refractivity contribution in [3.05, 3.63) is 70.2 Å². The first-order chi connectivity index (χ1) is 29.2. The first-order valence-electron chi connectivity index (χ1n) is 20.5. The highest BCUT2D eigenvalue weighted by Gasteiger charge is 2.53. The Kier molecular flexibility index (Phi) is 14.7. The number of hydrogen-bond donors (Lipinski definition) is 5. The predicted octanol–water partition coefficient (Wildman–Crippen LogP) is 5.74. The Morgan fingerprint density at radius 1 is 1.05 bits per heavy atom. The Morgan fingerprint density at radius 3 is 2.48 bits per heavy atom. The van der Waals surface area contributed by atoms with E-state index in [1.807, 2.05) is 39.0 Å². The third-order valence-corrected chi connectivity index (χ3v) is 13.4. The Labute approximate surface area is 367 Å². The molecule has 0 aliphatic carbocycles. The van der Waals surface area contributed by atoms with E-state index in [-0.39, 0.29) is 29.2 Å². The number of epoxide rings is 1. The highest BCUT2D eigenvalue weighted by molar-refractivity contribution is 7.18. The largest absolute Gasteiger partial charge is 0.508 e. The fourth-order valence-electron chi connectivity index (χ4n) is 8.17. The Bertz CT molecular complexity index is 2150. The number of rotatable bonds is 9. The molecule has 338 valence electrons. The number of cyclic esters (lactones) is 1. The molecule has 6 rings (SSSR count). The van der Waals surface area contributed by atoms with Gasteiger partial charge in [-0.25, -0.2) is 14.6 Å². The number of thiazole rings is 1. The number of carboxylic acids is 1. The molecule has 18 heteroatoms. The van der Waals surface area contributed by atoms with Crippen molar-refractivity contribution in [2.24, 2.45) is 17.3 Å². The Balaban J connectivity index is 1.21. The maximum Gasteiger partial charge on any atom is 0.508 e. The fourth-order valence-corrected chi connectivity index (χ4v) is 9.23. The minimum Gasteiger partial charge on any atom is -0.479 e. The predicted molar refractivity (Wildman–Crippen MR) is 223 cm³/mol. The van der Waals surface area contributed by atoms with Crippen molar-refractivity contribution in [3.63, 3.8) is 0 Å². The van der Waals surface area contributed by atoms with E-state index >= 15 is 0 Å². The quantitative estimate of drug-likeness (QED) is 0.0977. The molecule has 1 aromatic heterocycles. The third kappa shape index (κ3) is 10.6. The average molecular weight is 904 g/mol. The zero-order valence-electron chi connectivity index (χ0n) is 35.1. The molecule has 0 amide bonds. The summed E-state index contributed by atoms with van der Waals surface area (Å²) < 4.78 is 35.3. The molecule has 0 unspecified atom stereocenters. The lowest BCUT2D eigenvalue weighted by molar-refractivity contribution is -0.271. The lowest BCUT2D eigenvalue weighted by Gasteiger charge is -2.38. The lowest BCUT2D eigenvalue weighted by Crippen LogP contribution is -2.61. The average Bonchev–Trinajstić information content (AvgIpc) is 3.69. The summed E-state index contributed by atoms with van der Waals surface area (Å²) in [6.45, 7) is 12.3. The smallest absolute Gasteiger partial charge is 0.479 e. The molecule has 2 aromatic carbocycles. The van der Waals surface area contributed by atoms with Crippen LogP contribution in [0.15, 0.2) is 49.1 Å². The molecule has 3 fully saturated rings. The highest BCUT2D eigenvalue weighted by Crippen LogP contribution is 2.47. The number of nitrogens with zero attached hydrogens (tertiary/aromatic N) is 1. The number of Topliss-reactive ketones (excluding diaryl/α,β-unsaturated/α-hetero) is 1. The van der Waals surface area contributed by atoms with E-state index in [0.717, 1.165) is 21.6 Å². The van der Waals surface area contributed by atoms with E-state index < -0.39 is 103 Å². The minimum absolute atomic E-state index is 0.0775.